The maximum atomic E-state index is 14.8. The summed E-state index contributed by atoms with van der Waals surface area (Å²) >= 11 is 0. The SMILES string of the molecule is CC[C@H](C)[C@@H]1NC(=O)[C@H](Cc2ccccc2)N(C)C(=O)[C@H]([C@@H](C)CC)N2C(=O)[C@H](CC[C@H]2O)NC(=O)[C@H](CCCN=C(N)N)NC(=O)[C@@H](NC(=O)[C@@H](CO)OS(=O)(=O)O)[C@@H](C)OC1=O. The van der Waals surface area contributed by atoms with Gasteiger partial charge in [-0.3, -0.25) is 38.3 Å². The smallest absolute Gasteiger partial charge is 0.398 e. The summed E-state index contributed by atoms with van der Waals surface area (Å²) in [5.41, 5.74) is 11.5. The number of nitrogens with one attached hydrogen (secondary N) is 4. The van der Waals surface area contributed by atoms with Crippen molar-refractivity contribution in [1.82, 2.24) is 31.1 Å². The van der Waals surface area contributed by atoms with E-state index in [1.165, 1.54) is 14.0 Å². The fourth-order valence-electron chi connectivity index (χ4n) is 7.32. The van der Waals surface area contributed by atoms with Gasteiger partial charge in [0.25, 0.3) is 5.91 Å². The minimum absolute atomic E-state index is 0.0240. The van der Waals surface area contributed by atoms with Gasteiger partial charge in [-0.2, -0.15) is 8.42 Å². The van der Waals surface area contributed by atoms with E-state index in [4.69, 9.17) is 16.2 Å². The van der Waals surface area contributed by atoms with Gasteiger partial charge in [0.05, 0.1) is 6.61 Å². The van der Waals surface area contributed by atoms with Gasteiger partial charge in [-0.05, 0) is 50.0 Å². The van der Waals surface area contributed by atoms with Crippen LogP contribution in [0.3, 0.4) is 0 Å². The highest BCUT2D eigenvalue weighted by Gasteiger charge is 2.47. The molecule has 23 nitrogen and oxygen atoms in total. The first-order chi connectivity index (χ1) is 30.0. The number of hydrogen-bond acceptors (Lipinski definition) is 14. The second-order valence-electron chi connectivity index (χ2n) is 16.1. The number of esters is 1. The molecule has 2 aliphatic heterocycles. The van der Waals surface area contributed by atoms with E-state index in [9.17, 15) is 56.7 Å². The van der Waals surface area contributed by atoms with Crippen LogP contribution >= 0.6 is 0 Å². The van der Waals surface area contributed by atoms with Gasteiger partial charge in [-0.15, -0.1) is 0 Å². The molecule has 358 valence electrons. The van der Waals surface area contributed by atoms with Crippen LogP contribution in [-0.4, -0.2) is 155 Å². The number of piperidine rings is 1. The highest BCUT2D eigenvalue weighted by atomic mass is 32.3. The monoisotopic (exact) mass is 925 g/mol. The molecule has 6 amide bonds. The van der Waals surface area contributed by atoms with E-state index in [0.29, 0.717) is 18.4 Å². The van der Waals surface area contributed by atoms with Crippen LogP contribution in [0.2, 0.25) is 0 Å². The van der Waals surface area contributed by atoms with E-state index < -0.39 is 125 Å². The molecule has 24 heteroatoms. The number of aliphatic imine (C=N–C) groups is 1. The van der Waals surface area contributed by atoms with Gasteiger partial charge in [-0.1, -0.05) is 70.9 Å². The van der Waals surface area contributed by atoms with Crippen LogP contribution in [0.25, 0.3) is 0 Å². The molecule has 2 aliphatic rings. The molecule has 0 saturated carbocycles. The van der Waals surface area contributed by atoms with Crippen molar-refractivity contribution >= 4 is 57.8 Å². The maximum Gasteiger partial charge on any atom is 0.398 e. The quantitative estimate of drug-likeness (QED) is 0.0291. The van der Waals surface area contributed by atoms with Crippen molar-refractivity contribution in [2.24, 2.45) is 28.3 Å². The highest BCUT2D eigenvalue weighted by Crippen LogP contribution is 2.28. The van der Waals surface area contributed by atoms with Crippen LogP contribution in [0.1, 0.15) is 78.7 Å². The Balaban J connectivity index is 2.26. The van der Waals surface area contributed by atoms with Crippen LogP contribution < -0.4 is 32.7 Å². The maximum absolute atomic E-state index is 14.8. The van der Waals surface area contributed by atoms with Crippen LogP contribution in [0.15, 0.2) is 35.3 Å². The minimum Gasteiger partial charge on any atom is -0.458 e. The number of aliphatic hydroxyl groups is 2. The third-order valence-corrected chi connectivity index (χ3v) is 11.9. The van der Waals surface area contributed by atoms with Gasteiger partial charge < -0.3 is 57.5 Å². The average molecular weight is 926 g/mol. The molecule has 0 aliphatic carbocycles. The molecule has 0 aromatic heterocycles. The van der Waals surface area contributed by atoms with Crippen molar-refractivity contribution in [3.63, 3.8) is 0 Å². The number of ether oxygens (including phenoxy) is 1. The first-order valence-electron chi connectivity index (χ1n) is 21.1. The molecule has 3 rings (SSSR count). The number of fused-ring (bicyclic) bond motifs is 2. The summed E-state index contributed by atoms with van der Waals surface area (Å²) in [7, 11) is -3.96. The molecule has 0 unspecified atom stereocenters. The molecule has 2 saturated heterocycles. The molecule has 11 N–H and O–H groups in total. The van der Waals surface area contributed by atoms with E-state index in [1.54, 1.807) is 58.0 Å². The number of amides is 6. The number of aliphatic hydroxyl groups excluding tert-OH is 2. The van der Waals surface area contributed by atoms with Gasteiger partial charge >= 0.3 is 16.4 Å². The number of benzene rings is 1. The fourth-order valence-corrected chi connectivity index (χ4v) is 7.76. The van der Waals surface area contributed by atoms with Gasteiger partial charge in [0.15, 0.2) is 12.1 Å². The first-order valence-corrected chi connectivity index (χ1v) is 22.5. The lowest BCUT2D eigenvalue weighted by Crippen LogP contribution is -2.66. The lowest BCUT2D eigenvalue weighted by molar-refractivity contribution is -0.168. The normalized spacial score (nSPS) is 27.0. The predicted molar refractivity (Wildman–Crippen MR) is 228 cm³/mol. The van der Waals surface area contributed by atoms with Crippen molar-refractivity contribution in [2.75, 3.05) is 20.2 Å². The van der Waals surface area contributed by atoms with Gasteiger partial charge in [-0.25, -0.2) is 8.98 Å². The van der Waals surface area contributed by atoms with Crippen molar-refractivity contribution in [3.05, 3.63) is 35.9 Å². The van der Waals surface area contributed by atoms with Crippen LogP contribution in [0.5, 0.6) is 0 Å². The van der Waals surface area contributed by atoms with E-state index in [1.807, 2.05) is 0 Å². The van der Waals surface area contributed by atoms with E-state index >= 15 is 0 Å². The number of carbonyl (C=O) groups excluding carboxylic acids is 7. The third-order valence-electron chi connectivity index (χ3n) is 11.4. The molecule has 1 aromatic rings. The number of carbonyl (C=O) groups is 7. The van der Waals surface area contributed by atoms with Crippen molar-refractivity contribution in [2.45, 2.75) is 134 Å². The Labute approximate surface area is 372 Å². The average Bonchev–Trinajstić information content (AvgIpc) is 3.24. The Bertz CT molecular complexity index is 1950. The Morgan fingerprint density at radius 2 is 1.61 bits per heavy atom. The number of nitrogens with zero attached hydrogens (tertiary/aromatic N) is 3. The van der Waals surface area contributed by atoms with E-state index in [-0.39, 0.29) is 44.6 Å². The zero-order chi connectivity index (χ0) is 48.1. The molecule has 64 heavy (non-hydrogen) atoms. The number of cyclic esters (lactones) is 1. The second-order valence-corrected chi connectivity index (χ2v) is 17.1. The summed E-state index contributed by atoms with van der Waals surface area (Å²) in [6, 6.07) is -0.249. The molecule has 2 heterocycles. The first kappa shape index (κ1) is 52.9. The second kappa shape index (κ2) is 24.0. The Hall–Kier alpha value is -5.43. The predicted octanol–water partition coefficient (Wildman–Crippen LogP) is -2.42. The molecule has 1 aromatic carbocycles. The summed E-state index contributed by atoms with van der Waals surface area (Å²) in [6.45, 7) is 6.67. The number of rotatable bonds is 15. The molecule has 0 spiro atoms. The zero-order valence-corrected chi connectivity index (χ0v) is 37.7. The summed E-state index contributed by atoms with van der Waals surface area (Å²) in [6.07, 6.45) is -5.19. The summed E-state index contributed by atoms with van der Waals surface area (Å²) in [5, 5.41) is 31.0. The van der Waals surface area contributed by atoms with Crippen molar-refractivity contribution in [3.8, 4) is 0 Å². The number of nitrogens with two attached hydrogens (primary N) is 2. The van der Waals surface area contributed by atoms with Crippen molar-refractivity contribution < 1.29 is 65.7 Å². The molecular weight excluding hydrogens is 863 g/mol. The standard InChI is InChI=1S/C40H63N9O14S/c1-7-21(3)30-39(58)62-23(5)31(47-35(54)28(20-50)63-64(59,60)61)36(55)44-25(15-12-18-43-40(41)42)33(52)45-26-16-17-29(51)49(37(26)56)32(22(4)8-2)38(57)48(6)27(34(53)46-30)19-24-13-10-9-11-14-24/h9-11,13-14,21-23,25-32,50-51H,7-8,12,15-20H2,1-6H3,(H,44,55)(H,45,52)(H,46,53)(H,47,54)(H4,41,42,43)(H,59,60,61)/t21-,22-,23+,25-,26-,27-,28+,29+,30-,31-,32-/m0/s1. The van der Waals surface area contributed by atoms with Gasteiger partial charge in [0, 0.05) is 20.0 Å². The summed E-state index contributed by atoms with van der Waals surface area (Å²) < 4.78 is 42.2. The third kappa shape index (κ3) is 14.6. The number of guanidine groups is 1. The summed E-state index contributed by atoms with van der Waals surface area (Å²) in [4.78, 5) is 106. The minimum atomic E-state index is -5.33. The number of likely N-dealkylation sites (N-methyl/N-ethyl adjacent to an activating group) is 1. The van der Waals surface area contributed by atoms with Gasteiger partial charge in [0.2, 0.25) is 29.5 Å². The Morgan fingerprint density at radius 3 is 2.19 bits per heavy atom. The van der Waals surface area contributed by atoms with Crippen LogP contribution in [0.4, 0.5) is 0 Å². The van der Waals surface area contributed by atoms with Gasteiger partial charge in [0.1, 0.15) is 48.6 Å². The fraction of sp³-hybridized carbons (Fsp3) is 0.650. The van der Waals surface area contributed by atoms with Crippen LogP contribution in [0, 0.1) is 11.8 Å². The zero-order valence-electron chi connectivity index (χ0n) is 36.8. The topological polar surface area (TPSA) is 352 Å². The molecule has 2 fully saturated rings. The van der Waals surface area contributed by atoms with E-state index in [0.717, 1.165) is 9.80 Å². The highest BCUT2D eigenvalue weighted by molar-refractivity contribution is 7.80. The van der Waals surface area contributed by atoms with Crippen molar-refractivity contribution in [1.29, 1.82) is 0 Å². The Morgan fingerprint density at radius 1 is 0.969 bits per heavy atom. The molecule has 11 atom stereocenters. The largest absolute Gasteiger partial charge is 0.458 e. The molecule has 2 bridgehead atoms. The molecular formula is C40H63N9O14S. The molecule has 0 radical (unpaired) electrons. The number of hydrogen-bond donors (Lipinski definition) is 9. The van der Waals surface area contributed by atoms with Crippen LogP contribution in [-0.2, 0) is 59.3 Å². The lowest BCUT2D eigenvalue weighted by atomic mass is 9.91. The lowest BCUT2D eigenvalue weighted by Gasteiger charge is -2.44. The Kier molecular flexibility index (Phi) is 19.9. The van der Waals surface area contributed by atoms with E-state index in [2.05, 4.69) is 30.4 Å². The summed E-state index contributed by atoms with van der Waals surface area (Å²) in [5.74, 6) is -8.53.